The molecule has 0 saturated heterocycles. The van der Waals surface area contributed by atoms with Gasteiger partial charge < -0.3 is 10.8 Å². The third kappa shape index (κ3) is 6.64. The zero-order valence-electron chi connectivity index (χ0n) is 9.90. The van der Waals surface area contributed by atoms with Gasteiger partial charge in [0.2, 0.25) is 0 Å². The van der Waals surface area contributed by atoms with Gasteiger partial charge in [-0.1, -0.05) is 6.08 Å². The Bertz CT molecular complexity index is 327. The van der Waals surface area contributed by atoms with Crippen molar-refractivity contribution >= 4 is 11.8 Å². The van der Waals surface area contributed by atoms with Crippen LogP contribution < -0.4 is 11.2 Å². The lowest BCUT2D eigenvalue weighted by Gasteiger charge is -2.17. The molecule has 0 fully saturated rings. The molecule has 0 aliphatic rings. The van der Waals surface area contributed by atoms with Crippen LogP contribution in [-0.2, 0) is 4.79 Å². The van der Waals surface area contributed by atoms with Crippen molar-refractivity contribution in [1.29, 1.82) is 0 Å². The van der Waals surface area contributed by atoms with Gasteiger partial charge in [-0.2, -0.15) is 0 Å². The SMILES string of the molecule is CC(=NC/C(F)=C\CC[C@](C)(N)C(=O)O)NO. The number of amidine groups is 1. The van der Waals surface area contributed by atoms with Gasteiger partial charge in [0.05, 0.1) is 6.54 Å². The van der Waals surface area contributed by atoms with Crippen LogP contribution >= 0.6 is 0 Å². The lowest BCUT2D eigenvalue weighted by Crippen LogP contribution is -2.44. The standard InChI is InChI=1S/C10H18FN3O3/c1-7(14-17)13-6-8(11)4-3-5-10(2,12)9(15)16/h4,17H,3,5-6,12H2,1-2H3,(H,13,14)(H,15,16)/b8-4+/t10-/m0/s1. The molecule has 0 unspecified atom stereocenters. The van der Waals surface area contributed by atoms with Gasteiger partial charge in [0.15, 0.2) is 0 Å². The molecule has 0 amide bonds. The molecule has 0 rings (SSSR count). The van der Waals surface area contributed by atoms with Crippen LogP contribution in [0, 0.1) is 0 Å². The second-order valence-corrected chi connectivity index (χ2v) is 3.93. The summed E-state index contributed by atoms with van der Waals surface area (Å²) in [5, 5.41) is 17.1. The van der Waals surface area contributed by atoms with Gasteiger partial charge in [0.1, 0.15) is 17.2 Å². The van der Waals surface area contributed by atoms with Crippen LogP contribution in [0.1, 0.15) is 26.7 Å². The van der Waals surface area contributed by atoms with Crippen molar-refractivity contribution in [3.8, 4) is 0 Å². The number of halogens is 1. The molecule has 6 nitrogen and oxygen atoms in total. The normalized spacial score (nSPS) is 16.5. The number of aliphatic carboxylic acids is 1. The largest absolute Gasteiger partial charge is 0.480 e. The monoisotopic (exact) mass is 247 g/mol. The fourth-order valence-corrected chi connectivity index (χ4v) is 0.930. The molecule has 0 aliphatic heterocycles. The van der Waals surface area contributed by atoms with Gasteiger partial charge in [0, 0.05) is 0 Å². The highest BCUT2D eigenvalue weighted by Crippen LogP contribution is 2.11. The fourth-order valence-electron chi connectivity index (χ4n) is 0.930. The van der Waals surface area contributed by atoms with Crippen molar-refractivity contribution in [2.45, 2.75) is 32.2 Å². The van der Waals surface area contributed by atoms with E-state index < -0.39 is 17.3 Å². The highest BCUT2D eigenvalue weighted by Gasteiger charge is 2.26. The molecule has 0 bridgehead atoms. The summed E-state index contributed by atoms with van der Waals surface area (Å²) in [7, 11) is 0. The van der Waals surface area contributed by atoms with Crippen LogP contribution in [0.4, 0.5) is 4.39 Å². The van der Waals surface area contributed by atoms with E-state index in [1.807, 2.05) is 0 Å². The first-order valence-electron chi connectivity index (χ1n) is 5.07. The minimum Gasteiger partial charge on any atom is -0.480 e. The fraction of sp³-hybridized carbons (Fsp3) is 0.600. The summed E-state index contributed by atoms with van der Waals surface area (Å²) in [4.78, 5) is 14.3. The van der Waals surface area contributed by atoms with E-state index in [0.717, 1.165) is 0 Å². The summed E-state index contributed by atoms with van der Waals surface area (Å²) in [5.41, 5.74) is 5.88. The minimum atomic E-state index is -1.36. The molecule has 0 saturated carbocycles. The van der Waals surface area contributed by atoms with E-state index in [9.17, 15) is 9.18 Å². The predicted molar refractivity (Wildman–Crippen MR) is 61.6 cm³/mol. The van der Waals surface area contributed by atoms with Gasteiger partial charge in [-0.05, 0) is 26.7 Å². The van der Waals surface area contributed by atoms with Crippen molar-refractivity contribution in [3.05, 3.63) is 11.9 Å². The van der Waals surface area contributed by atoms with Crippen molar-refractivity contribution in [1.82, 2.24) is 5.48 Å². The number of hydrogen-bond donors (Lipinski definition) is 4. The smallest absolute Gasteiger partial charge is 0.323 e. The maximum Gasteiger partial charge on any atom is 0.323 e. The van der Waals surface area contributed by atoms with Crippen LogP contribution in [-0.4, -0.2) is 34.2 Å². The van der Waals surface area contributed by atoms with Crippen LogP contribution in [0.5, 0.6) is 0 Å². The van der Waals surface area contributed by atoms with Crippen LogP contribution in [0.2, 0.25) is 0 Å². The lowest BCUT2D eigenvalue weighted by molar-refractivity contribution is -0.142. The average molecular weight is 247 g/mol. The van der Waals surface area contributed by atoms with Gasteiger partial charge in [-0.15, -0.1) is 0 Å². The van der Waals surface area contributed by atoms with Crippen molar-refractivity contribution in [2.24, 2.45) is 10.7 Å². The van der Waals surface area contributed by atoms with E-state index in [0.29, 0.717) is 0 Å². The first kappa shape index (κ1) is 15.5. The van der Waals surface area contributed by atoms with E-state index in [-0.39, 0.29) is 25.2 Å². The summed E-state index contributed by atoms with van der Waals surface area (Å²) in [6.07, 6.45) is 1.59. The Balaban J connectivity index is 4.13. The van der Waals surface area contributed by atoms with E-state index in [2.05, 4.69) is 4.99 Å². The van der Waals surface area contributed by atoms with E-state index in [4.69, 9.17) is 16.0 Å². The highest BCUT2D eigenvalue weighted by molar-refractivity contribution is 5.78. The molecule has 0 aromatic carbocycles. The van der Waals surface area contributed by atoms with E-state index >= 15 is 0 Å². The molecule has 0 aliphatic carbocycles. The Kier molecular flexibility index (Phi) is 6.37. The van der Waals surface area contributed by atoms with Crippen molar-refractivity contribution in [2.75, 3.05) is 6.54 Å². The molecule has 0 aromatic heterocycles. The lowest BCUT2D eigenvalue weighted by atomic mass is 9.97. The maximum atomic E-state index is 13.1. The number of allylic oxidation sites excluding steroid dienone is 1. The maximum absolute atomic E-state index is 13.1. The molecule has 5 N–H and O–H groups in total. The quantitative estimate of drug-likeness (QED) is 0.316. The van der Waals surface area contributed by atoms with E-state index in [1.54, 1.807) is 5.48 Å². The molecular weight excluding hydrogens is 229 g/mol. The van der Waals surface area contributed by atoms with Gasteiger partial charge in [-0.3, -0.25) is 20.5 Å². The Morgan fingerprint density at radius 1 is 1.65 bits per heavy atom. The summed E-state index contributed by atoms with van der Waals surface area (Å²) in [6.45, 7) is 2.65. The number of carboxylic acid groups (broad SMARTS) is 1. The third-order valence-electron chi connectivity index (χ3n) is 2.15. The Hall–Kier alpha value is -1.47. The third-order valence-corrected chi connectivity index (χ3v) is 2.15. The molecule has 98 valence electrons. The topological polar surface area (TPSA) is 108 Å². The number of carbonyl (C=O) groups is 1. The van der Waals surface area contributed by atoms with Crippen molar-refractivity contribution in [3.63, 3.8) is 0 Å². The molecule has 17 heavy (non-hydrogen) atoms. The molecule has 1 atom stereocenters. The van der Waals surface area contributed by atoms with Gasteiger partial charge in [-0.25, -0.2) is 4.39 Å². The van der Waals surface area contributed by atoms with Gasteiger partial charge >= 0.3 is 5.97 Å². The average Bonchev–Trinajstić information content (AvgIpc) is 2.25. The summed E-state index contributed by atoms with van der Waals surface area (Å²) >= 11 is 0. The number of rotatable bonds is 6. The molecule has 0 heterocycles. The Morgan fingerprint density at radius 3 is 2.71 bits per heavy atom. The van der Waals surface area contributed by atoms with Crippen LogP contribution in [0.3, 0.4) is 0 Å². The summed E-state index contributed by atoms with van der Waals surface area (Å²) < 4.78 is 13.1. The second-order valence-electron chi connectivity index (χ2n) is 3.93. The zero-order valence-corrected chi connectivity index (χ0v) is 9.90. The summed E-state index contributed by atoms with van der Waals surface area (Å²) in [5.74, 6) is -1.42. The number of carboxylic acids is 1. The van der Waals surface area contributed by atoms with Crippen molar-refractivity contribution < 1.29 is 19.5 Å². The molecule has 0 radical (unpaired) electrons. The molecular formula is C10H18FN3O3. The second kappa shape index (κ2) is 6.97. The number of nitrogens with one attached hydrogen (secondary N) is 1. The zero-order chi connectivity index (χ0) is 13.5. The summed E-state index contributed by atoms with van der Waals surface area (Å²) in [6, 6.07) is 0. The number of nitrogens with two attached hydrogens (primary N) is 1. The number of hydroxylamine groups is 1. The van der Waals surface area contributed by atoms with Gasteiger partial charge in [0.25, 0.3) is 0 Å². The number of aliphatic imine (C=N–C) groups is 1. The number of nitrogens with zero attached hydrogens (tertiary/aromatic N) is 1. The van der Waals surface area contributed by atoms with E-state index in [1.165, 1.54) is 19.9 Å². The highest BCUT2D eigenvalue weighted by atomic mass is 19.1. The molecule has 0 aromatic rings. The first-order valence-corrected chi connectivity index (χ1v) is 5.07. The molecule has 0 spiro atoms. The Labute approximate surface area is 99.0 Å². The number of hydrogen-bond acceptors (Lipinski definition) is 4. The van der Waals surface area contributed by atoms with Crippen LogP contribution in [0.15, 0.2) is 16.9 Å². The van der Waals surface area contributed by atoms with Crippen LogP contribution in [0.25, 0.3) is 0 Å². The minimum absolute atomic E-state index is 0.136. The molecule has 7 heteroatoms. The predicted octanol–water partition coefficient (Wildman–Crippen LogP) is 0.819. The first-order chi connectivity index (χ1) is 7.79. The Morgan fingerprint density at radius 2 is 2.24 bits per heavy atom.